The van der Waals surface area contributed by atoms with Crippen LogP contribution < -0.4 is 10.6 Å². The predicted molar refractivity (Wildman–Crippen MR) is 136 cm³/mol. The molecular formula is C28H31FN4O2. The van der Waals surface area contributed by atoms with Crippen LogP contribution in [0.25, 0.3) is 11.1 Å². The number of hydrogen-bond donors (Lipinski definition) is 2. The van der Waals surface area contributed by atoms with Gasteiger partial charge in [-0.15, -0.1) is 0 Å². The molecule has 4 rings (SSSR count). The Labute approximate surface area is 205 Å². The zero-order chi connectivity index (χ0) is 24.6. The van der Waals surface area contributed by atoms with Crippen molar-refractivity contribution in [2.24, 2.45) is 0 Å². The second-order valence-electron chi connectivity index (χ2n) is 8.88. The lowest BCUT2D eigenvalue weighted by molar-refractivity contribution is -0.124. The molecule has 3 aromatic carbocycles. The van der Waals surface area contributed by atoms with Gasteiger partial charge in [0.05, 0.1) is 19.1 Å². The molecule has 0 radical (unpaired) electrons. The molecule has 0 unspecified atom stereocenters. The number of nitrogens with one attached hydrogen (secondary N) is 2. The van der Waals surface area contributed by atoms with E-state index in [2.05, 4.69) is 56.8 Å². The highest BCUT2D eigenvalue weighted by atomic mass is 19.1. The maximum Gasteiger partial charge on any atom is 0.238 e. The number of hydrogen-bond acceptors (Lipinski definition) is 4. The van der Waals surface area contributed by atoms with Gasteiger partial charge in [-0.1, -0.05) is 54.6 Å². The lowest BCUT2D eigenvalue weighted by Gasteiger charge is -2.34. The maximum absolute atomic E-state index is 13.0. The van der Waals surface area contributed by atoms with Crippen molar-refractivity contribution >= 4 is 17.5 Å². The molecule has 0 bridgehead atoms. The molecule has 35 heavy (non-hydrogen) atoms. The van der Waals surface area contributed by atoms with E-state index < -0.39 is 0 Å². The summed E-state index contributed by atoms with van der Waals surface area (Å²) in [5.41, 5.74) is 3.96. The van der Waals surface area contributed by atoms with E-state index >= 15 is 0 Å². The van der Waals surface area contributed by atoms with Gasteiger partial charge in [-0.05, 0) is 47.9 Å². The third-order valence-corrected chi connectivity index (χ3v) is 6.22. The first-order valence-corrected chi connectivity index (χ1v) is 11.9. The summed E-state index contributed by atoms with van der Waals surface area (Å²) in [6, 6.07) is 24.1. The molecule has 3 aromatic rings. The number of benzene rings is 3. The van der Waals surface area contributed by atoms with Gasteiger partial charge in [0, 0.05) is 31.9 Å². The largest absolute Gasteiger partial charge is 0.348 e. The van der Waals surface area contributed by atoms with Gasteiger partial charge in [0.1, 0.15) is 5.82 Å². The Morgan fingerprint density at radius 3 is 1.91 bits per heavy atom. The summed E-state index contributed by atoms with van der Waals surface area (Å²) in [4.78, 5) is 29.0. The van der Waals surface area contributed by atoms with Crippen LogP contribution in [0.4, 0.5) is 10.1 Å². The lowest BCUT2D eigenvalue weighted by atomic mass is 10.0. The number of carbonyl (C=O) groups is 2. The molecule has 182 valence electrons. The quantitative estimate of drug-likeness (QED) is 0.519. The van der Waals surface area contributed by atoms with E-state index in [-0.39, 0.29) is 30.2 Å². The van der Waals surface area contributed by atoms with Crippen LogP contribution in [0.15, 0.2) is 78.9 Å². The molecule has 0 aromatic heterocycles. The topological polar surface area (TPSA) is 64.7 Å². The summed E-state index contributed by atoms with van der Waals surface area (Å²) in [5, 5.41) is 5.88. The smallest absolute Gasteiger partial charge is 0.238 e. The van der Waals surface area contributed by atoms with Crippen LogP contribution in [0.2, 0.25) is 0 Å². The zero-order valence-electron chi connectivity index (χ0n) is 19.9. The van der Waals surface area contributed by atoms with Gasteiger partial charge < -0.3 is 10.6 Å². The summed E-state index contributed by atoms with van der Waals surface area (Å²) in [6.07, 6.45) is 0. The molecule has 6 nitrogen and oxygen atoms in total. The Morgan fingerprint density at radius 1 is 0.771 bits per heavy atom. The van der Waals surface area contributed by atoms with Crippen molar-refractivity contribution in [2.45, 2.75) is 13.0 Å². The van der Waals surface area contributed by atoms with Crippen molar-refractivity contribution in [3.63, 3.8) is 0 Å². The summed E-state index contributed by atoms with van der Waals surface area (Å²) < 4.78 is 13.0. The molecule has 0 spiro atoms. The fourth-order valence-electron chi connectivity index (χ4n) is 4.21. The average Bonchev–Trinajstić information content (AvgIpc) is 2.87. The van der Waals surface area contributed by atoms with Crippen molar-refractivity contribution in [3.05, 3.63) is 90.2 Å². The van der Waals surface area contributed by atoms with E-state index in [0.717, 1.165) is 24.2 Å². The molecule has 0 saturated carbocycles. The second-order valence-corrected chi connectivity index (χ2v) is 8.88. The number of halogens is 1. The fraction of sp³-hybridized carbons (Fsp3) is 0.286. The van der Waals surface area contributed by atoms with E-state index in [9.17, 15) is 14.0 Å². The minimum atomic E-state index is -0.335. The van der Waals surface area contributed by atoms with Gasteiger partial charge in [-0.25, -0.2) is 4.39 Å². The summed E-state index contributed by atoms with van der Waals surface area (Å²) in [6.45, 7) is 5.46. The van der Waals surface area contributed by atoms with Crippen LogP contribution in [0.1, 0.15) is 18.5 Å². The van der Waals surface area contributed by atoms with Crippen molar-refractivity contribution in [1.29, 1.82) is 0 Å². The van der Waals surface area contributed by atoms with E-state index in [0.29, 0.717) is 25.3 Å². The number of nitrogens with zero attached hydrogens (tertiary/aromatic N) is 2. The number of carbonyl (C=O) groups excluding carboxylic acids is 2. The van der Waals surface area contributed by atoms with Crippen molar-refractivity contribution in [1.82, 2.24) is 15.1 Å². The van der Waals surface area contributed by atoms with Gasteiger partial charge in [-0.3, -0.25) is 19.4 Å². The molecule has 1 fully saturated rings. The Bertz CT molecular complexity index is 1110. The Kier molecular flexibility index (Phi) is 8.23. The number of piperazine rings is 1. The van der Waals surface area contributed by atoms with Gasteiger partial charge >= 0.3 is 0 Å². The fourth-order valence-corrected chi connectivity index (χ4v) is 4.21. The molecule has 1 atom stereocenters. The van der Waals surface area contributed by atoms with E-state index in [1.807, 2.05) is 25.1 Å². The molecule has 1 saturated heterocycles. The van der Waals surface area contributed by atoms with Crippen molar-refractivity contribution < 1.29 is 14.0 Å². The minimum Gasteiger partial charge on any atom is -0.348 e. The zero-order valence-corrected chi connectivity index (χ0v) is 19.9. The number of anilines is 1. The highest BCUT2D eigenvalue weighted by Gasteiger charge is 2.21. The number of rotatable bonds is 8. The molecule has 0 aliphatic carbocycles. The normalized spacial score (nSPS) is 15.4. The van der Waals surface area contributed by atoms with Crippen LogP contribution in [0.3, 0.4) is 0 Å². The van der Waals surface area contributed by atoms with E-state index in [4.69, 9.17) is 0 Å². The predicted octanol–water partition coefficient (Wildman–Crippen LogP) is 3.93. The minimum absolute atomic E-state index is 0.00728. The van der Waals surface area contributed by atoms with Gasteiger partial charge in [-0.2, -0.15) is 0 Å². The van der Waals surface area contributed by atoms with Crippen LogP contribution in [-0.2, 0) is 9.59 Å². The highest BCUT2D eigenvalue weighted by molar-refractivity contribution is 5.92. The molecule has 7 heteroatoms. The van der Waals surface area contributed by atoms with Crippen LogP contribution in [-0.4, -0.2) is 60.9 Å². The lowest BCUT2D eigenvalue weighted by Crippen LogP contribution is -2.51. The Balaban J connectivity index is 1.18. The molecule has 1 aliphatic rings. The standard InChI is InChI=1S/C28H31FN4O2/c1-21(22-7-9-24(10-8-22)23-5-3-2-4-6-23)30-27(34)19-32-15-17-33(18-16-32)20-28(35)31-26-13-11-25(29)12-14-26/h2-14,21H,15-20H2,1H3,(H,30,34)(H,31,35)/t21-/m0/s1. The molecule has 1 heterocycles. The summed E-state index contributed by atoms with van der Waals surface area (Å²) >= 11 is 0. The summed E-state index contributed by atoms with van der Waals surface area (Å²) in [7, 11) is 0. The number of amides is 2. The monoisotopic (exact) mass is 474 g/mol. The third-order valence-electron chi connectivity index (χ3n) is 6.22. The first kappa shape index (κ1) is 24.6. The van der Waals surface area contributed by atoms with Gasteiger partial charge in [0.15, 0.2) is 0 Å². The second kappa shape index (κ2) is 11.7. The molecular weight excluding hydrogens is 443 g/mol. The maximum atomic E-state index is 13.0. The Hall–Kier alpha value is -3.55. The van der Waals surface area contributed by atoms with Gasteiger partial charge in [0.25, 0.3) is 0 Å². The van der Waals surface area contributed by atoms with Crippen LogP contribution in [0, 0.1) is 5.82 Å². The third kappa shape index (κ3) is 7.21. The Morgan fingerprint density at radius 2 is 1.31 bits per heavy atom. The average molecular weight is 475 g/mol. The highest BCUT2D eigenvalue weighted by Crippen LogP contribution is 2.21. The van der Waals surface area contributed by atoms with E-state index in [1.165, 1.54) is 17.7 Å². The van der Waals surface area contributed by atoms with E-state index in [1.54, 1.807) is 12.1 Å². The first-order valence-electron chi connectivity index (χ1n) is 11.9. The molecule has 2 amide bonds. The first-order chi connectivity index (χ1) is 17.0. The van der Waals surface area contributed by atoms with Crippen LogP contribution in [0.5, 0.6) is 0 Å². The molecule has 2 N–H and O–H groups in total. The van der Waals surface area contributed by atoms with Crippen molar-refractivity contribution in [2.75, 3.05) is 44.6 Å². The molecule has 1 aliphatic heterocycles. The SMILES string of the molecule is C[C@H](NC(=O)CN1CCN(CC(=O)Nc2ccc(F)cc2)CC1)c1ccc(-c2ccccc2)cc1. The van der Waals surface area contributed by atoms with Gasteiger partial charge in [0.2, 0.25) is 11.8 Å². The van der Waals surface area contributed by atoms with Crippen molar-refractivity contribution in [3.8, 4) is 11.1 Å². The van der Waals surface area contributed by atoms with Crippen LogP contribution >= 0.6 is 0 Å². The summed E-state index contributed by atoms with van der Waals surface area (Å²) in [5.74, 6) is -0.472.